The largest absolute Gasteiger partial charge is 0.768 e. The highest BCUT2D eigenvalue weighted by molar-refractivity contribution is 7.79. The van der Waals surface area contributed by atoms with E-state index in [1.165, 1.54) is 31.4 Å². The van der Waals surface area contributed by atoms with E-state index in [2.05, 4.69) is 10.2 Å². The first-order chi connectivity index (χ1) is 11.1. The highest BCUT2D eigenvalue weighted by Crippen LogP contribution is 2.28. The van der Waals surface area contributed by atoms with E-state index >= 15 is 0 Å². The second kappa shape index (κ2) is 8.37. The van der Waals surface area contributed by atoms with Crippen LogP contribution in [0.25, 0.3) is 0 Å². The quantitative estimate of drug-likeness (QED) is 0.476. The van der Waals surface area contributed by atoms with Crippen molar-refractivity contribution in [3.05, 3.63) is 42.5 Å². The van der Waals surface area contributed by atoms with Gasteiger partial charge in [-0.3, -0.25) is 4.21 Å². The van der Waals surface area contributed by atoms with Gasteiger partial charge in [0.15, 0.2) is 0 Å². The lowest BCUT2D eigenvalue weighted by Crippen LogP contribution is -2.06. The number of benzene rings is 2. The number of methoxy groups -OCH3 is 1. The number of rotatable bonds is 7. The maximum absolute atomic E-state index is 11.3. The molecule has 0 aliphatic carbocycles. The van der Waals surface area contributed by atoms with Crippen molar-refractivity contribution in [2.45, 2.75) is 4.90 Å². The molecular formula is C15H15N2O5S-. The zero-order valence-electron chi connectivity index (χ0n) is 12.3. The van der Waals surface area contributed by atoms with E-state index in [-0.39, 0.29) is 23.0 Å². The van der Waals surface area contributed by atoms with Crippen LogP contribution in [0.15, 0.2) is 57.6 Å². The van der Waals surface area contributed by atoms with E-state index in [0.29, 0.717) is 18.0 Å². The number of ether oxygens (including phenoxy) is 2. The molecule has 2 aromatic carbocycles. The Kier molecular flexibility index (Phi) is 6.21. The first-order valence-electron chi connectivity index (χ1n) is 6.66. The summed E-state index contributed by atoms with van der Waals surface area (Å²) in [6, 6.07) is 10.6. The Morgan fingerprint density at radius 1 is 1.09 bits per heavy atom. The van der Waals surface area contributed by atoms with Gasteiger partial charge < -0.3 is 19.1 Å². The highest BCUT2D eigenvalue weighted by Gasteiger charge is 2.06. The molecule has 0 fully saturated rings. The van der Waals surface area contributed by atoms with Crippen molar-refractivity contribution < 1.29 is 23.3 Å². The second-order valence-corrected chi connectivity index (χ2v) is 5.33. The van der Waals surface area contributed by atoms with Gasteiger partial charge in [0.25, 0.3) is 0 Å². The lowest BCUT2D eigenvalue weighted by molar-refractivity contribution is 0.144. The Labute approximate surface area is 135 Å². The molecule has 0 spiro atoms. The van der Waals surface area contributed by atoms with Crippen LogP contribution in [-0.4, -0.2) is 34.2 Å². The molecule has 1 atom stereocenters. The van der Waals surface area contributed by atoms with Crippen LogP contribution in [-0.2, 0) is 15.8 Å². The minimum Gasteiger partial charge on any atom is -0.768 e. The average Bonchev–Trinajstić information content (AvgIpc) is 2.55. The SMILES string of the molecule is COCCOc1ccc(N=Nc2ccc(O)cc2)cc1S(=O)[O-]. The molecule has 0 saturated carbocycles. The molecule has 0 heterocycles. The summed E-state index contributed by atoms with van der Waals surface area (Å²) in [5, 5.41) is 17.1. The first kappa shape index (κ1) is 17.1. The molecule has 23 heavy (non-hydrogen) atoms. The van der Waals surface area contributed by atoms with Crippen LogP contribution in [0, 0.1) is 0 Å². The minimum absolute atomic E-state index is 0.00302. The molecule has 0 amide bonds. The summed E-state index contributed by atoms with van der Waals surface area (Å²) in [6.45, 7) is 0.600. The Balaban J connectivity index is 2.18. The third-order valence-corrected chi connectivity index (χ3v) is 3.46. The number of hydrogen-bond donors (Lipinski definition) is 1. The van der Waals surface area contributed by atoms with E-state index in [0.717, 1.165) is 0 Å². The molecule has 1 unspecified atom stereocenters. The van der Waals surface area contributed by atoms with Crippen LogP contribution >= 0.6 is 0 Å². The normalized spacial score (nSPS) is 12.4. The lowest BCUT2D eigenvalue weighted by atomic mass is 10.3. The van der Waals surface area contributed by atoms with E-state index in [4.69, 9.17) is 9.47 Å². The van der Waals surface area contributed by atoms with Gasteiger partial charge in [0.1, 0.15) is 18.1 Å². The molecule has 7 nitrogen and oxygen atoms in total. The number of hydrogen-bond acceptors (Lipinski definition) is 7. The molecule has 0 aliphatic rings. The molecule has 0 aromatic heterocycles. The zero-order valence-corrected chi connectivity index (χ0v) is 13.2. The van der Waals surface area contributed by atoms with Crippen molar-refractivity contribution in [1.29, 1.82) is 0 Å². The van der Waals surface area contributed by atoms with E-state index in [1.54, 1.807) is 18.2 Å². The molecule has 2 rings (SSSR count). The van der Waals surface area contributed by atoms with Crippen LogP contribution in [0.2, 0.25) is 0 Å². The van der Waals surface area contributed by atoms with Gasteiger partial charge >= 0.3 is 0 Å². The number of phenolic OH excluding ortho intramolecular Hbond substituents is 1. The smallest absolute Gasteiger partial charge is 0.134 e. The van der Waals surface area contributed by atoms with Gasteiger partial charge in [-0.2, -0.15) is 10.2 Å². The van der Waals surface area contributed by atoms with Crippen molar-refractivity contribution >= 4 is 22.5 Å². The zero-order chi connectivity index (χ0) is 16.7. The van der Waals surface area contributed by atoms with E-state index in [1.807, 2.05) is 0 Å². The van der Waals surface area contributed by atoms with Gasteiger partial charge in [0.2, 0.25) is 0 Å². The Hall–Kier alpha value is -2.29. The molecule has 122 valence electrons. The van der Waals surface area contributed by atoms with Gasteiger partial charge in [0, 0.05) is 7.11 Å². The number of nitrogens with zero attached hydrogens (tertiary/aromatic N) is 2. The van der Waals surface area contributed by atoms with Crippen LogP contribution in [0.1, 0.15) is 0 Å². The van der Waals surface area contributed by atoms with Crippen molar-refractivity contribution in [2.75, 3.05) is 20.3 Å². The summed E-state index contributed by atoms with van der Waals surface area (Å²) >= 11 is -2.46. The standard InChI is InChI=1S/C15H16N2O5S/c1-21-8-9-22-14-7-4-12(10-15(14)23(19)20)17-16-11-2-5-13(18)6-3-11/h2-7,10,18H,8-9H2,1H3,(H,19,20)/p-1. The molecule has 0 saturated heterocycles. The summed E-state index contributed by atoms with van der Waals surface area (Å²) in [6.07, 6.45) is 0. The predicted molar refractivity (Wildman–Crippen MR) is 83.3 cm³/mol. The fourth-order valence-corrected chi connectivity index (χ4v) is 2.19. The van der Waals surface area contributed by atoms with E-state index in [9.17, 15) is 13.9 Å². The third-order valence-electron chi connectivity index (χ3n) is 2.78. The summed E-state index contributed by atoms with van der Waals surface area (Å²) < 4.78 is 32.8. The summed E-state index contributed by atoms with van der Waals surface area (Å²) in [5.41, 5.74) is 0.907. The topological polar surface area (TPSA) is 104 Å². The summed E-state index contributed by atoms with van der Waals surface area (Å²) in [4.78, 5) is 0.00302. The molecule has 0 radical (unpaired) electrons. The van der Waals surface area contributed by atoms with Gasteiger partial charge in [-0.05, 0) is 53.5 Å². The van der Waals surface area contributed by atoms with Crippen molar-refractivity contribution in [2.24, 2.45) is 10.2 Å². The molecule has 1 N–H and O–H groups in total. The van der Waals surface area contributed by atoms with Crippen molar-refractivity contribution in [3.63, 3.8) is 0 Å². The van der Waals surface area contributed by atoms with Crippen LogP contribution in [0.3, 0.4) is 0 Å². The first-order valence-corrected chi connectivity index (χ1v) is 7.73. The predicted octanol–water partition coefficient (Wildman–Crippen LogP) is 3.07. The van der Waals surface area contributed by atoms with Gasteiger partial charge in [-0.1, -0.05) is 0 Å². The fourth-order valence-electron chi connectivity index (χ4n) is 1.68. The maximum atomic E-state index is 11.3. The second-order valence-electron chi connectivity index (χ2n) is 4.42. The summed E-state index contributed by atoms with van der Waals surface area (Å²) in [7, 11) is 1.53. The average molecular weight is 335 g/mol. The minimum atomic E-state index is -2.46. The molecular weight excluding hydrogens is 320 g/mol. The molecule has 2 aromatic rings. The van der Waals surface area contributed by atoms with Crippen molar-refractivity contribution in [1.82, 2.24) is 0 Å². The number of aromatic hydroxyl groups is 1. The Morgan fingerprint density at radius 3 is 2.39 bits per heavy atom. The van der Waals surface area contributed by atoms with Crippen LogP contribution in [0.4, 0.5) is 11.4 Å². The number of azo groups is 1. The fraction of sp³-hybridized carbons (Fsp3) is 0.200. The Morgan fingerprint density at radius 2 is 1.74 bits per heavy atom. The maximum Gasteiger partial charge on any atom is 0.134 e. The highest BCUT2D eigenvalue weighted by atomic mass is 32.2. The monoisotopic (exact) mass is 335 g/mol. The molecule has 0 bridgehead atoms. The van der Waals surface area contributed by atoms with E-state index < -0.39 is 11.1 Å². The Bertz CT molecular complexity index is 704. The molecule has 0 aliphatic heterocycles. The summed E-state index contributed by atoms with van der Waals surface area (Å²) in [5.74, 6) is 0.365. The van der Waals surface area contributed by atoms with Gasteiger partial charge in [-0.25, -0.2) is 0 Å². The third kappa shape index (κ3) is 5.13. The lowest BCUT2D eigenvalue weighted by Gasteiger charge is -2.13. The number of phenols is 1. The van der Waals surface area contributed by atoms with Gasteiger partial charge in [0.05, 0.1) is 22.9 Å². The van der Waals surface area contributed by atoms with Crippen LogP contribution < -0.4 is 4.74 Å². The molecule has 8 heteroatoms. The van der Waals surface area contributed by atoms with Crippen molar-refractivity contribution in [3.8, 4) is 11.5 Å². The van der Waals surface area contributed by atoms with Crippen LogP contribution in [0.5, 0.6) is 11.5 Å². The van der Waals surface area contributed by atoms with Gasteiger partial charge in [-0.15, -0.1) is 0 Å².